The van der Waals surface area contributed by atoms with Crippen LogP contribution in [-0.2, 0) is 4.79 Å². The van der Waals surface area contributed by atoms with Gasteiger partial charge in [-0.3, -0.25) is 4.79 Å². The number of carbonyl (C=O) groups is 1. The van der Waals surface area contributed by atoms with Crippen LogP contribution in [0.1, 0.15) is 27.2 Å². The zero-order chi connectivity index (χ0) is 13.5. The van der Waals surface area contributed by atoms with E-state index in [-0.39, 0.29) is 5.91 Å². The van der Waals surface area contributed by atoms with Crippen LogP contribution in [0.2, 0.25) is 5.02 Å². The minimum absolute atomic E-state index is 0.0311. The summed E-state index contributed by atoms with van der Waals surface area (Å²) in [6, 6.07) is 7.47. The van der Waals surface area contributed by atoms with Crippen LogP contribution < -0.4 is 10.6 Å². The number of benzene rings is 1. The Bertz CT molecular complexity index is 376. The van der Waals surface area contributed by atoms with Crippen molar-refractivity contribution in [2.24, 2.45) is 5.92 Å². The van der Waals surface area contributed by atoms with Gasteiger partial charge >= 0.3 is 0 Å². The van der Waals surface area contributed by atoms with Crippen LogP contribution in [0.15, 0.2) is 24.3 Å². The SMILES string of the molecule is CCC(NCC(=O)Nc1ccc(Cl)cc1)C(C)C. The van der Waals surface area contributed by atoms with Crippen molar-refractivity contribution in [2.45, 2.75) is 33.2 Å². The normalized spacial score (nSPS) is 12.5. The van der Waals surface area contributed by atoms with E-state index in [1.54, 1.807) is 24.3 Å². The molecule has 1 amide bonds. The van der Waals surface area contributed by atoms with E-state index in [1.165, 1.54) is 0 Å². The first-order chi connectivity index (χ1) is 8.52. The summed E-state index contributed by atoms with van der Waals surface area (Å²) in [5.74, 6) is 0.495. The Hall–Kier alpha value is -1.06. The molecule has 0 bridgehead atoms. The zero-order valence-electron chi connectivity index (χ0n) is 11.2. The molecular weight excluding hydrogens is 248 g/mol. The smallest absolute Gasteiger partial charge is 0.238 e. The second-order valence-corrected chi connectivity index (χ2v) is 5.13. The molecule has 0 saturated heterocycles. The highest BCUT2D eigenvalue weighted by atomic mass is 35.5. The average Bonchev–Trinajstić information content (AvgIpc) is 2.32. The minimum Gasteiger partial charge on any atom is -0.325 e. The van der Waals surface area contributed by atoms with Gasteiger partial charge in [0, 0.05) is 16.8 Å². The first-order valence-electron chi connectivity index (χ1n) is 6.31. The van der Waals surface area contributed by atoms with Crippen LogP contribution in [0.5, 0.6) is 0 Å². The predicted octanol–water partition coefficient (Wildman–Crippen LogP) is 3.30. The molecule has 100 valence electrons. The first kappa shape index (κ1) is 15.0. The van der Waals surface area contributed by atoms with Crippen molar-refractivity contribution in [1.82, 2.24) is 5.32 Å². The van der Waals surface area contributed by atoms with Gasteiger partial charge in [0.15, 0.2) is 0 Å². The summed E-state index contributed by atoms with van der Waals surface area (Å²) < 4.78 is 0. The largest absolute Gasteiger partial charge is 0.325 e. The molecule has 3 nitrogen and oxygen atoms in total. The van der Waals surface area contributed by atoms with Crippen LogP contribution in [0.25, 0.3) is 0 Å². The van der Waals surface area contributed by atoms with Gasteiger partial charge in [-0.25, -0.2) is 0 Å². The van der Waals surface area contributed by atoms with Gasteiger partial charge in [0.05, 0.1) is 6.54 Å². The Kier molecular flexibility index (Phi) is 6.16. The van der Waals surface area contributed by atoms with E-state index in [2.05, 4.69) is 31.4 Å². The second kappa shape index (κ2) is 7.39. The average molecular weight is 269 g/mol. The number of halogens is 1. The molecule has 2 N–H and O–H groups in total. The van der Waals surface area contributed by atoms with Crippen LogP contribution in [0.3, 0.4) is 0 Å². The molecule has 0 heterocycles. The highest BCUT2D eigenvalue weighted by molar-refractivity contribution is 6.30. The number of hydrogen-bond donors (Lipinski definition) is 2. The molecule has 1 unspecified atom stereocenters. The van der Waals surface area contributed by atoms with Crippen molar-refractivity contribution in [3.63, 3.8) is 0 Å². The van der Waals surface area contributed by atoms with Crippen molar-refractivity contribution < 1.29 is 4.79 Å². The second-order valence-electron chi connectivity index (χ2n) is 4.69. The monoisotopic (exact) mass is 268 g/mol. The van der Waals surface area contributed by atoms with Gasteiger partial charge in [-0.15, -0.1) is 0 Å². The number of anilines is 1. The van der Waals surface area contributed by atoms with Crippen molar-refractivity contribution >= 4 is 23.2 Å². The molecule has 0 radical (unpaired) electrons. The van der Waals surface area contributed by atoms with Crippen LogP contribution >= 0.6 is 11.6 Å². The fourth-order valence-electron chi connectivity index (χ4n) is 1.81. The maximum Gasteiger partial charge on any atom is 0.238 e. The molecule has 1 aromatic carbocycles. The number of rotatable bonds is 6. The summed E-state index contributed by atoms with van der Waals surface area (Å²) in [5, 5.41) is 6.75. The van der Waals surface area contributed by atoms with Crippen molar-refractivity contribution in [3.05, 3.63) is 29.3 Å². The summed E-state index contributed by atoms with van der Waals surface area (Å²) in [4.78, 5) is 11.7. The molecule has 0 fully saturated rings. The molecule has 0 saturated carbocycles. The van der Waals surface area contributed by atoms with Gasteiger partial charge in [0.25, 0.3) is 0 Å². The Balaban J connectivity index is 2.40. The minimum atomic E-state index is -0.0311. The standard InChI is InChI=1S/C14H21ClN2O/c1-4-13(10(2)3)16-9-14(18)17-12-7-5-11(15)6-8-12/h5-8,10,13,16H,4,9H2,1-3H3,(H,17,18). The summed E-state index contributed by atoms with van der Waals surface area (Å²) in [6.07, 6.45) is 1.02. The van der Waals surface area contributed by atoms with Gasteiger partial charge in [-0.2, -0.15) is 0 Å². The van der Waals surface area contributed by atoms with Gasteiger partial charge in [-0.1, -0.05) is 32.4 Å². The van der Waals surface area contributed by atoms with E-state index in [1.807, 2.05) is 0 Å². The van der Waals surface area contributed by atoms with Gasteiger partial charge < -0.3 is 10.6 Å². The van der Waals surface area contributed by atoms with Crippen LogP contribution in [0, 0.1) is 5.92 Å². The maximum absolute atomic E-state index is 11.7. The zero-order valence-corrected chi connectivity index (χ0v) is 11.9. The molecule has 0 spiro atoms. The van der Waals surface area contributed by atoms with E-state index in [0.717, 1.165) is 12.1 Å². The summed E-state index contributed by atoms with van der Waals surface area (Å²) in [6.45, 7) is 6.75. The Morgan fingerprint density at radius 3 is 2.39 bits per heavy atom. The number of nitrogens with one attached hydrogen (secondary N) is 2. The van der Waals surface area contributed by atoms with E-state index < -0.39 is 0 Å². The number of amides is 1. The molecule has 0 aliphatic heterocycles. The fourth-order valence-corrected chi connectivity index (χ4v) is 1.94. The molecule has 1 atom stereocenters. The van der Waals surface area contributed by atoms with E-state index in [9.17, 15) is 4.79 Å². The predicted molar refractivity (Wildman–Crippen MR) is 77.0 cm³/mol. The summed E-state index contributed by atoms with van der Waals surface area (Å²) >= 11 is 5.78. The fraction of sp³-hybridized carbons (Fsp3) is 0.500. The van der Waals surface area contributed by atoms with Crippen LogP contribution in [0.4, 0.5) is 5.69 Å². The molecule has 0 aliphatic rings. The molecule has 0 aliphatic carbocycles. The van der Waals surface area contributed by atoms with Crippen molar-refractivity contribution in [2.75, 3.05) is 11.9 Å². The molecule has 1 rings (SSSR count). The van der Waals surface area contributed by atoms with Crippen molar-refractivity contribution in [3.8, 4) is 0 Å². The van der Waals surface area contributed by atoms with Gasteiger partial charge in [-0.05, 0) is 36.6 Å². The van der Waals surface area contributed by atoms with Gasteiger partial charge in [0.2, 0.25) is 5.91 Å². The highest BCUT2D eigenvalue weighted by Crippen LogP contribution is 2.13. The number of hydrogen-bond acceptors (Lipinski definition) is 2. The topological polar surface area (TPSA) is 41.1 Å². The van der Waals surface area contributed by atoms with Crippen LogP contribution in [-0.4, -0.2) is 18.5 Å². The third-order valence-corrected chi connectivity index (χ3v) is 3.15. The summed E-state index contributed by atoms with van der Waals surface area (Å²) in [5.41, 5.74) is 0.767. The highest BCUT2D eigenvalue weighted by Gasteiger charge is 2.11. The van der Waals surface area contributed by atoms with E-state index in [0.29, 0.717) is 23.5 Å². The maximum atomic E-state index is 11.7. The first-order valence-corrected chi connectivity index (χ1v) is 6.69. The third-order valence-electron chi connectivity index (χ3n) is 2.90. The number of carbonyl (C=O) groups excluding carboxylic acids is 1. The molecule has 4 heteroatoms. The molecule has 18 heavy (non-hydrogen) atoms. The van der Waals surface area contributed by atoms with E-state index >= 15 is 0 Å². The summed E-state index contributed by atoms with van der Waals surface area (Å²) in [7, 11) is 0. The quantitative estimate of drug-likeness (QED) is 0.831. The molecular formula is C14H21ClN2O. The lowest BCUT2D eigenvalue weighted by Gasteiger charge is -2.20. The molecule has 1 aromatic rings. The van der Waals surface area contributed by atoms with E-state index in [4.69, 9.17) is 11.6 Å². The Morgan fingerprint density at radius 2 is 1.89 bits per heavy atom. The lowest BCUT2D eigenvalue weighted by atomic mass is 10.0. The Labute approximate surface area is 114 Å². The lowest BCUT2D eigenvalue weighted by Crippen LogP contribution is -2.38. The van der Waals surface area contributed by atoms with Crippen molar-refractivity contribution in [1.29, 1.82) is 0 Å². The molecule has 0 aromatic heterocycles. The Morgan fingerprint density at radius 1 is 1.28 bits per heavy atom. The lowest BCUT2D eigenvalue weighted by molar-refractivity contribution is -0.115. The third kappa shape index (κ3) is 5.07. The van der Waals surface area contributed by atoms with Gasteiger partial charge in [0.1, 0.15) is 0 Å².